The summed E-state index contributed by atoms with van der Waals surface area (Å²) in [6, 6.07) is 2.52. The van der Waals surface area contributed by atoms with Crippen molar-refractivity contribution < 1.29 is 26.4 Å². The Morgan fingerprint density at radius 2 is 1.85 bits per heavy atom. The normalized spacial score (nSPS) is 21.7. The van der Waals surface area contributed by atoms with E-state index in [1.54, 1.807) is 0 Å². The fourth-order valence-electron chi connectivity index (χ4n) is 2.99. The first-order valence-corrected chi connectivity index (χ1v) is 9.86. The molecule has 0 aromatic heterocycles. The van der Waals surface area contributed by atoms with Crippen LogP contribution in [0.15, 0.2) is 23.1 Å². The summed E-state index contributed by atoms with van der Waals surface area (Å²) in [5, 5.41) is 2.36. The van der Waals surface area contributed by atoms with E-state index in [0.717, 1.165) is 10.4 Å². The molecule has 1 aliphatic rings. The third kappa shape index (κ3) is 4.50. The van der Waals surface area contributed by atoms with Crippen molar-refractivity contribution in [2.24, 2.45) is 5.92 Å². The monoisotopic (exact) mass is 412 g/mol. The molecule has 0 radical (unpaired) electrons. The number of nitrogens with zero attached hydrogens (tertiary/aromatic N) is 1. The molecule has 0 spiro atoms. The smallest absolute Gasteiger partial charge is 0.349 e. The minimum absolute atomic E-state index is 0.0282. The zero-order valence-electron chi connectivity index (χ0n) is 14.3. The molecule has 0 bridgehead atoms. The van der Waals surface area contributed by atoms with Crippen LogP contribution < -0.4 is 5.32 Å². The maximum absolute atomic E-state index is 13.2. The van der Waals surface area contributed by atoms with Crippen molar-refractivity contribution in [2.45, 2.75) is 42.8 Å². The summed E-state index contributed by atoms with van der Waals surface area (Å²) >= 11 is 5.97. The summed E-state index contributed by atoms with van der Waals surface area (Å²) in [5.74, 6) is -2.43. The molecule has 0 unspecified atom stereocenters. The van der Waals surface area contributed by atoms with Crippen molar-refractivity contribution in [2.75, 3.05) is 14.1 Å². The van der Waals surface area contributed by atoms with Gasteiger partial charge in [-0.15, -0.1) is 0 Å². The lowest BCUT2D eigenvalue weighted by molar-refractivity contribution is -0.187. The Hall–Kier alpha value is -1.32. The molecule has 10 heteroatoms. The van der Waals surface area contributed by atoms with Crippen molar-refractivity contribution >= 4 is 27.5 Å². The van der Waals surface area contributed by atoms with Crippen LogP contribution in [0.5, 0.6) is 0 Å². The molecule has 2 rings (SSSR count). The number of carbonyl (C=O) groups is 1. The number of benzene rings is 1. The van der Waals surface area contributed by atoms with E-state index in [1.807, 2.05) is 0 Å². The van der Waals surface area contributed by atoms with E-state index in [9.17, 15) is 26.4 Å². The molecule has 1 aromatic rings. The molecule has 0 saturated heterocycles. The average Bonchev–Trinajstić information content (AvgIpc) is 2.54. The summed E-state index contributed by atoms with van der Waals surface area (Å²) in [7, 11) is -1.14. The van der Waals surface area contributed by atoms with Crippen LogP contribution in [0.4, 0.5) is 13.2 Å². The number of alkyl halides is 3. The predicted octanol–water partition coefficient (Wildman–Crippen LogP) is 3.44. The number of halogens is 4. The quantitative estimate of drug-likeness (QED) is 0.823. The number of amides is 1. The molecule has 2 atom stereocenters. The van der Waals surface area contributed by atoms with Crippen molar-refractivity contribution in [1.82, 2.24) is 9.62 Å². The SMILES string of the molecule is CN(C)S(=O)(=O)c1ccc(Cl)c(C(=O)N[C@@H]2CCCC[C@@H]2C(F)(F)F)c1. The van der Waals surface area contributed by atoms with Crippen LogP contribution in [-0.4, -0.2) is 44.9 Å². The molecular formula is C16H20ClF3N2O3S. The molecule has 1 N–H and O–H groups in total. The van der Waals surface area contributed by atoms with E-state index >= 15 is 0 Å². The second kappa shape index (κ2) is 7.74. The Morgan fingerprint density at radius 3 is 2.42 bits per heavy atom. The molecule has 1 fully saturated rings. The first-order chi connectivity index (χ1) is 11.9. The largest absolute Gasteiger partial charge is 0.393 e. The van der Waals surface area contributed by atoms with Gasteiger partial charge in [-0.2, -0.15) is 13.2 Å². The lowest BCUT2D eigenvalue weighted by Crippen LogP contribution is -2.47. The second-order valence-corrected chi connectivity index (χ2v) is 9.00. The topological polar surface area (TPSA) is 66.5 Å². The number of carbonyl (C=O) groups excluding carboxylic acids is 1. The van der Waals surface area contributed by atoms with Crippen molar-refractivity contribution in [3.8, 4) is 0 Å². The lowest BCUT2D eigenvalue weighted by Gasteiger charge is -2.33. The van der Waals surface area contributed by atoms with Gasteiger partial charge in [0.05, 0.1) is 21.4 Å². The van der Waals surface area contributed by atoms with E-state index in [-0.39, 0.29) is 28.3 Å². The van der Waals surface area contributed by atoms with Crippen molar-refractivity contribution in [1.29, 1.82) is 0 Å². The fraction of sp³-hybridized carbons (Fsp3) is 0.562. The maximum atomic E-state index is 13.2. The molecule has 1 amide bonds. The molecule has 26 heavy (non-hydrogen) atoms. The molecule has 5 nitrogen and oxygen atoms in total. The van der Waals surface area contributed by atoms with Crippen molar-refractivity contribution in [3.63, 3.8) is 0 Å². The Balaban J connectivity index is 2.29. The highest BCUT2D eigenvalue weighted by Crippen LogP contribution is 2.38. The molecular weight excluding hydrogens is 393 g/mol. The van der Waals surface area contributed by atoms with Gasteiger partial charge < -0.3 is 5.32 Å². The highest BCUT2D eigenvalue weighted by atomic mass is 35.5. The van der Waals surface area contributed by atoms with Crippen LogP contribution in [0.2, 0.25) is 5.02 Å². The van der Waals surface area contributed by atoms with Gasteiger partial charge in [-0.3, -0.25) is 4.79 Å². The van der Waals surface area contributed by atoms with Crippen LogP contribution in [0.25, 0.3) is 0 Å². The highest BCUT2D eigenvalue weighted by molar-refractivity contribution is 7.89. The first kappa shape index (κ1) is 21.0. The van der Waals surface area contributed by atoms with Gasteiger partial charge in [0.1, 0.15) is 0 Å². The number of sulfonamides is 1. The first-order valence-electron chi connectivity index (χ1n) is 8.04. The molecule has 1 saturated carbocycles. The van der Waals surface area contributed by atoms with Gasteiger partial charge in [0.2, 0.25) is 10.0 Å². The van der Waals surface area contributed by atoms with Crippen LogP contribution >= 0.6 is 11.6 Å². The molecule has 1 aliphatic carbocycles. The Bertz CT molecular complexity index is 781. The lowest BCUT2D eigenvalue weighted by atomic mass is 9.84. The minimum atomic E-state index is -4.40. The minimum Gasteiger partial charge on any atom is -0.349 e. The average molecular weight is 413 g/mol. The van der Waals surface area contributed by atoms with Gasteiger partial charge in [0, 0.05) is 20.1 Å². The number of hydrogen-bond acceptors (Lipinski definition) is 3. The van der Waals surface area contributed by atoms with Gasteiger partial charge in [0.15, 0.2) is 0 Å². The standard InChI is InChI=1S/C16H20ClF3N2O3S/c1-22(2)26(24,25)10-7-8-13(17)11(9-10)15(23)21-14-6-4-3-5-12(14)16(18,19)20/h7-9,12,14H,3-6H2,1-2H3,(H,21,23)/t12-,14+/m0/s1. The Morgan fingerprint density at radius 1 is 1.23 bits per heavy atom. The number of rotatable bonds is 4. The summed E-state index contributed by atoms with van der Waals surface area (Å²) in [6.45, 7) is 0. The zero-order valence-corrected chi connectivity index (χ0v) is 15.9. The van der Waals surface area contributed by atoms with Gasteiger partial charge >= 0.3 is 6.18 Å². The van der Waals surface area contributed by atoms with Crippen LogP contribution in [0.3, 0.4) is 0 Å². The third-order valence-corrected chi connectivity index (χ3v) is 6.60. The van der Waals surface area contributed by atoms with Gasteiger partial charge in [-0.25, -0.2) is 12.7 Å². The molecule has 1 aromatic carbocycles. The number of nitrogens with one attached hydrogen (secondary N) is 1. The van der Waals surface area contributed by atoms with Gasteiger partial charge in [-0.1, -0.05) is 24.4 Å². The van der Waals surface area contributed by atoms with Crippen LogP contribution in [0.1, 0.15) is 36.0 Å². The van der Waals surface area contributed by atoms with E-state index in [1.165, 1.54) is 26.2 Å². The summed E-state index contributed by atoms with van der Waals surface area (Å²) in [4.78, 5) is 12.3. The fourth-order valence-corrected chi connectivity index (χ4v) is 4.12. The van der Waals surface area contributed by atoms with Crippen LogP contribution in [-0.2, 0) is 10.0 Å². The van der Waals surface area contributed by atoms with Crippen molar-refractivity contribution in [3.05, 3.63) is 28.8 Å². The van der Waals surface area contributed by atoms with E-state index in [0.29, 0.717) is 12.8 Å². The van der Waals surface area contributed by atoms with E-state index in [2.05, 4.69) is 5.32 Å². The predicted molar refractivity (Wildman–Crippen MR) is 91.6 cm³/mol. The van der Waals surface area contributed by atoms with E-state index in [4.69, 9.17) is 11.6 Å². The molecule has 0 aliphatic heterocycles. The summed E-state index contributed by atoms with van der Waals surface area (Å²) in [6.07, 6.45) is -3.20. The Labute approximate surface area is 155 Å². The molecule has 146 valence electrons. The highest BCUT2D eigenvalue weighted by Gasteiger charge is 2.46. The van der Waals surface area contributed by atoms with Gasteiger partial charge in [-0.05, 0) is 31.0 Å². The van der Waals surface area contributed by atoms with Crippen LogP contribution in [0, 0.1) is 5.92 Å². The third-order valence-electron chi connectivity index (χ3n) is 4.46. The number of hydrogen-bond donors (Lipinski definition) is 1. The molecule has 0 heterocycles. The zero-order chi connectivity index (χ0) is 19.7. The van der Waals surface area contributed by atoms with Gasteiger partial charge in [0.25, 0.3) is 5.91 Å². The Kier molecular flexibility index (Phi) is 6.24. The summed E-state index contributed by atoms with van der Waals surface area (Å²) in [5.41, 5.74) is -0.166. The summed E-state index contributed by atoms with van der Waals surface area (Å²) < 4.78 is 64.9. The van der Waals surface area contributed by atoms with E-state index < -0.39 is 34.1 Å². The maximum Gasteiger partial charge on any atom is 0.393 e. The second-order valence-electron chi connectivity index (χ2n) is 6.44.